The zero-order chi connectivity index (χ0) is 10.4. The van der Waals surface area contributed by atoms with Crippen molar-refractivity contribution in [2.45, 2.75) is 25.6 Å². The smallest absolute Gasteiger partial charge is 0.178 e. The molecular formula is C11H14O3. The number of aliphatic hydroxyl groups excluding tert-OH is 1. The lowest BCUT2D eigenvalue weighted by atomic mass is 10.1. The van der Waals surface area contributed by atoms with Crippen LogP contribution in [0, 0.1) is 0 Å². The third-order valence-corrected chi connectivity index (χ3v) is 2.07. The molecule has 0 saturated heterocycles. The molecule has 3 nitrogen and oxygen atoms in total. The minimum absolute atomic E-state index is 0.490. The highest BCUT2D eigenvalue weighted by atomic mass is 16.5. The van der Waals surface area contributed by atoms with E-state index in [2.05, 4.69) is 0 Å². The van der Waals surface area contributed by atoms with Crippen LogP contribution in [0.4, 0.5) is 0 Å². The number of hydrogen-bond donors (Lipinski definition) is 2. The average molecular weight is 194 g/mol. The summed E-state index contributed by atoms with van der Waals surface area (Å²) in [6, 6.07) is 7.06. The predicted octanol–water partition coefficient (Wildman–Crippen LogP) is 1.19. The molecule has 1 aromatic rings. The number of benzene rings is 1. The van der Waals surface area contributed by atoms with Gasteiger partial charge in [0, 0.05) is 12.0 Å². The summed E-state index contributed by atoms with van der Waals surface area (Å²) >= 11 is 0. The molecule has 0 bridgehead atoms. The summed E-state index contributed by atoms with van der Waals surface area (Å²) in [6.07, 6.45) is 1.76. The molecule has 1 aromatic carbocycles. The number of carbonyl (C=O) groups excluding carboxylic acids is 1. The van der Waals surface area contributed by atoms with Gasteiger partial charge < -0.3 is 15.0 Å². The number of aliphatic hydroxyl groups is 2. The first-order valence-corrected chi connectivity index (χ1v) is 4.62. The van der Waals surface area contributed by atoms with Gasteiger partial charge in [-0.2, -0.15) is 0 Å². The fourth-order valence-corrected chi connectivity index (χ4v) is 1.25. The van der Waals surface area contributed by atoms with Crippen LogP contribution >= 0.6 is 0 Å². The monoisotopic (exact) mass is 194 g/mol. The van der Waals surface area contributed by atoms with Crippen molar-refractivity contribution in [3.8, 4) is 0 Å². The zero-order valence-electron chi connectivity index (χ0n) is 7.89. The van der Waals surface area contributed by atoms with Crippen LogP contribution < -0.4 is 0 Å². The van der Waals surface area contributed by atoms with Crippen LogP contribution in [0.1, 0.15) is 30.3 Å². The lowest BCUT2D eigenvalue weighted by Gasteiger charge is -2.04. The van der Waals surface area contributed by atoms with Gasteiger partial charge in [0.25, 0.3) is 0 Å². The Morgan fingerprint density at radius 1 is 1.21 bits per heavy atom. The van der Waals surface area contributed by atoms with E-state index in [1.807, 2.05) is 12.1 Å². The SMILES string of the molecule is O=CCCCc1ccc(C(O)O)cc1. The van der Waals surface area contributed by atoms with E-state index >= 15 is 0 Å². The van der Waals surface area contributed by atoms with Crippen molar-refractivity contribution >= 4 is 6.29 Å². The number of hydrogen-bond acceptors (Lipinski definition) is 3. The third-order valence-electron chi connectivity index (χ3n) is 2.07. The molecule has 0 saturated carbocycles. The molecule has 1 rings (SSSR count). The third kappa shape index (κ3) is 3.28. The molecule has 0 aliphatic rings. The fourth-order valence-electron chi connectivity index (χ4n) is 1.25. The van der Waals surface area contributed by atoms with E-state index in [0.29, 0.717) is 12.0 Å². The van der Waals surface area contributed by atoms with Crippen LogP contribution in [0.3, 0.4) is 0 Å². The number of carbonyl (C=O) groups is 1. The summed E-state index contributed by atoms with van der Waals surface area (Å²) < 4.78 is 0. The van der Waals surface area contributed by atoms with Crippen LogP contribution in [0.25, 0.3) is 0 Å². The van der Waals surface area contributed by atoms with Crippen molar-refractivity contribution < 1.29 is 15.0 Å². The molecule has 0 aliphatic heterocycles. The maximum Gasteiger partial charge on any atom is 0.178 e. The van der Waals surface area contributed by atoms with Crippen LogP contribution in [-0.4, -0.2) is 16.5 Å². The molecule has 0 aromatic heterocycles. The molecule has 0 spiro atoms. The van der Waals surface area contributed by atoms with Crippen molar-refractivity contribution in [2.24, 2.45) is 0 Å². The Morgan fingerprint density at radius 3 is 2.36 bits per heavy atom. The van der Waals surface area contributed by atoms with Gasteiger partial charge in [0.2, 0.25) is 0 Å². The van der Waals surface area contributed by atoms with E-state index in [4.69, 9.17) is 10.2 Å². The van der Waals surface area contributed by atoms with Crippen molar-refractivity contribution in [1.29, 1.82) is 0 Å². The molecule has 0 unspecified atom stereocenters. The molecule has 2 N–H and O–H groups in total. The molecular weight excluding hydrogens is 180 g/mol. The summed E-state index contributed by atoms with van der Waals surface area (Å²) in [6.45, 7) is 0. The van der Waals surface area contributed by atoms with Gasteiger partial charge in [-0.1, -0.05) is 24.3 Å². The Kier molecular flexibility index (Phi) is 4.29. The van der Waals surface area contributed by atoms with Crippen LogP contribution in [0.15, 0.2) is 24.3 Å². The summed E-state index contributed by atoms with van der Waals surface area (Å²) in [5.74, 6) is 0. The molecule has 0 aliphatic carbocycles. The first-order valence-electron chi connectivity index (χ1n) is 4.62. The quantitative estimate of drug-likeness (QED) is 0.420. The van der Waals surface area contributed by atoms with E-state index in [9.17, 15) is 4.79 Å². The van der Waals surface area contributed by atoms with Gasteiger partial charge in [0.1, 0.15) is 6.29 Å². The maximum absolute atomic E-state index is 10.1. The maximum atomic E-state index is 10.1. The molecule has 0 heterocycles. The number of aldehydes is 1. The Labute approximate surface area is 83.0 Å². The van der Waals surface area contributed by atoms with Crippen molar-refractivity contribution in [1.82, 2.24) is 0 Å². The zero-order valence-corrected chi connectivity index (χ0v) is 7.89. The summed E-state index contributed by atoms with van der Waals surface area (Å²) in [4.78, 5) is 10.1. The second-order valence-electron chi connectivity index (χ2n) is 3.17. The molecule has 0 amide bonds. The number of unbranched alkanes of at least 4 members (excludes halogenated alkanes) is 1. The van der Waals surface area contributed by atoms with E-state index in [-0.39, 0.29) is 0 Å². The topological polar surface area (TPSA) is 57.5 Å². The first-order chi connectivity index (χ1) is 6.74. The second kappa shape index (κ2) is 5.52. The van der Waals surface area contributed by atoms with Crippen LogP contribution in [-0.2, 0) is 11.2 Å². The van der Waals surface area contributed by atoms with Gasteiger partial charge in [0.05, 0.1) is 0 Å². The molecule has 14 heavy (non-hydrogen) atoms. The molecule has 0 radical (unpaired) electrons. The van der Waals surface area contributed by atoms with Crippen molar-refractivity contribution in [3.05, 3.63) is 35.4 Å². The number of rotatable bonds is 5. The molecule has 0 atom stereocenters. The minimum Gasteiger partial charge on any atom is -0.364 e. The standard InChI is InChI=1S/C11H14O3/c12-8-2-1-3-9-4-6-10(7-5-9)11(13)14/h4-8,11,13-14H,1-3H2. The molecule has 3 heteroatoms. The largest absolute Gasteiger partial charge is 0.364 e. The van der Waals surface area contributed by atoms with Gasteiger partial charge in [-0.15, -0.1) is 0 Å². The lowest BCUT2D eigenvalue weighted by Crippen LogP contribution is -1.95. The normalized spacial score (nSPS) is 10.5. The van der Waals surface area contributed by atoms with Gasteiger partial charge >= 0.3 is 0 Å². The van der Waals surface area contributed by atoms with Gasteiger partial charge in [-0.25, -0.2) is 0 Å². The first kappa shape index (κ1) is 10.9. The van der Waals surface area contributed by atoms with Gasteiger partial charge in [-0.05, 0) is 18.4 Å². The van der Waals surface area contributed by atoms with Crippen molar-refractivity contribution in [2.75, 3.05) is 0 Å². The summed E-state index contributed by atoms with van der Waals surface area (Å²) in [7, 11) is 0. The summed E-state index contributed by atoms with van der Waals surface area (Å²) in [5, 5.41) is 17.7. The van der Waals surface area contributed by atoms with Crippen LogP contribution in [0.5, 0.6) is 0 Å². The predicted molar refractivity (Wildman–Crippen MR) is 52.6 cm³/mol. The summed E-state index contributed by atoms with van der Waals surface area (Å²) in [5.41, 5.74) is 1.60. The van der Waals surface area contributed by atoms with Crippen molar-refractivity contribution in [3.63, 3.8) is 0 Å². The van der Waals surface area contributed by atoms with E-state index in [0.717, 1.165) is 24.7 Å². The van der Waals surface area contributed by atoms with E-state index in [1.165, 1.54) is 0 Å². The Morgan fingerprint density at radius 2 is 1.86 bits per heavy atom. The van der Waals surface area contributed by atoms with Gasteiger partial charge in [0.15, 0.2) is 6.29 Å². The molecule has 76 valence electrons. The minimum atomic E-state index is -1.40. The van der Waals surface area contributed by atoms with E-state index in [1.54, 1.807) is 12.1 Å². The highest BCUT2D eigenvalue weighted by Gasteiger charge is 2.01. The Hall–Kier alpha value is -1.19. The Bertz CT molecular complexity index is 277. The molecule has 0 fully saturated rings. The van der Waals surface area contributed by atoms with Gasteiger partial charge in [-0.3, -0.25) is 0 Å². The average Bonchev–Trinajstić information content (AvgIpc) is 2.19. The fraction of sp³-hybridized carbons (Fsp3) is 0.364. The second-order valence-corrected chi connectivity index (χ2v) is 3.17. The number of aryl methyl sites for hydroxylation is 1. The lowest BCUT2D eigenvalue weighted by molar-refractivity contribution is -0.107. The highest BCUT2D eigenvalue weighted by molar-refractivity contribution is 5.49. The van der Waals surface area contributed by atoms with Crippen LogP contribution in [0.2, 0.25) is 0 Å². The highest BCUT2D eigenvalue weighted by Crippen LogP contribution is 2.12. The van der Waals surface area contributed by atoms with E-state index < -0.39 is 6.29 Å². The Balaban J connectivity index is 2.51.